The molecular formula is C19H22FN3O. The monoisotopic (exact) mass is 327 g/mol. The van der Waals surface area contributed by atoms with Crippen molar-refractivity contribution in [1.82, 2.24) is 14.5 Å². The molecule has 0 amide bonds. The van der Waals surface area contributed by atoms with Crippen LogP contribution in [0.2, 0.25) is 0 Å². The summed E-state index contributed by atoms with van der Waals surface area (Å²) in [5.74, 6) is 6.95. The fraction of sp³-hybridized carbons (Fsp3) is 0.421. The van der Waals surface area contributed by atoms with E-state index >= 15 is 0 Å². The van der Waals surface area contributed by atoms with Gasteiger partial charge in [-0.15, -0.1) is 0 Å². The molecule has 0 radical (unpaired) electrons. The standard InChI is InChI=1S/C19H22FN3O/c1-22-14-10-21-19(22)18(24)16-8-12-23(13-9-16)11-2-3-15-4-6-17(20)7-5-15/h4-7,10,14,16,18,24H,8-9,11-13H2,1H3. The van der Waals surface area contributed by atoms with Crippen molar-refractivity contribution in [3.05, 3.63) is 53.9 Å². The molecule has 1 aliphatic heterocycles. The number of aromatic nitrogens is 2. The number of benzene rings is 1. The van der Waals surface area contributed by atoms with Gasteiger partial charge in [0.15, 0.2) is 0 Å². The van der Waals surface area contributed by atoms with E-state index in [2.05, 4.69) is 21.7 Å². The van der Waals surface area contributed by atoms with Gasteiger partial charge in [0, 0.05) is 25.0 Å². The Morgan fingerprint density at radius 1 is 1.29 bits per heavy atom. The molecule has 4 nitrogen and oxygen atoms in total. The Hall–Kier alpha value is -2.16. The first-order chi connectivity index (χ1) is 11.6. The number of hydrogen-bond acceptors (Lipinski definition) is 3. The van der Waals surface area contributed by atoms with Gasteiger partial charge in [-0.05, 0) is 56.1 Å². The van der Waals surface area contributed by atoms with E-state index in [9.17, 15) is 9.50 Å². The van der Waals surface area contributed by atoms with Crippen molar-refractivity contribution < 1.29 is 9.50 Å². The van der Waals surface area contributed by atoms with Crippen LogP contribution in [0.4, 0.5) is 4.39 Å². The molecule has 1 aromatic carbocycles. The van der Waals surface area contributed by atoms with Gasteiger partial charge in [-0.2, -0.15) is 0 Å². The van der Waals surface area contributed by atoms with Crippen LogP contribution in [-0.4, -0.2) is 39.2 Å². The molecule has 126 valence electrons. The molecule has 0 spiro atoms. The second kappa shape index (κ2) is 7.61. The fourth-order valence-electron chi connectivity index (χ4n) is 3.09. The quantitative estimate of drug-likeness (QED) is 0.880. The number of rotatable bonds is 3. The van der Waals surface area contributed by atoms with Crippen molar-refractivity contribution in [2.24, 2.45) is 13.0 Å². The highest BCUT2D eigenvalue weighted by atomic mass is 19.1. The van der Waals surface area contributed by atoms with Crippen LogP contribution in [0.3, 0.4) is 0 Å². The smallest absolute Gasteiger partial charge is 0.137 e. The molecule has 1 aliphatic rings. The Balaban J connectivity index is 1.49. The zero-order chi connectivity index (χ0) is 16.9. The molecular weight excluding hydrogens is 305 g/mol. The first kappa shape index (κ1) is 16.7. The van der Waals surface area contributed by atoms with Gasteiger partial charge in [0.25, 0.3) is 0 Å². The van der Waals surface area contributed by atoms with Crippen molar-refractivity contribution in [1.29, 1.82) is 0 Å². The lowest BCUT2D eigenvalue weighted by Gasteiger charge is -2.32. The second-order valence-electron chi connectivity index (χ2n) is 6.26. The molecule has 1 N–H and O–H groups in total. The van der Waals surface area contributed by atoms with Crippen LogP contribution in [-0.2, 0) is 7.05 Å². The van der Waals surface area contributed by atoms with E-state index in [1.54, 1.807) is 18.3 Å². The van der Waals surface area contributed by atoms with Crippen molar-refractivity contribution in [2.75, 3.05) is 19.6 Å². The van der Waals surface area contributed by atoms with Gasteiger partial charge < -0.3 is 9.67 Å². The van der Waals surface area contributed by atoms with Crippen molar-refractivity contribution in [3.63, 3.8) is 0 Å². The summed E-state index contributed by atoms with van der Waals surface area (Å²) in [6.07, 6.45) is 4.95. The van der Waals surface area contributed by atoms with E-state index in [0.717, 1.165) is 37.3 Å². The number of likely N-dealkylation sites (tertiary alicyclic amines) is 1. The Morgan fingerprint density at radius 2 is 2.00 bits per heavy atom. The normalized spacial score (nSPS) is 17.3. The Bertz CT molecular complexity index is 721. The average Bonchev–Trinajstić information content (AvgIpc) is 3.03. The van der Waals surface area contributed by atoms with E-state index in [1.807, 2.05) is 17.8 Å². The molecule has 5 heteroatoms. The number of aliphatic hydroxyl groups is 1. The number of hydrogen-bond donors (Lipinski definition) is 1. The van der Waals surface area contributed by atoms with E-state index in [0.29, 0.717) is 6.54 Å². The maximum absolute atomic E-state index is 12.8. The summed E-state index contributed by atoms with van der Waals surface area (Å²) in [5, 5.41) is 10.5. The van der Waals surface area contributed by atoms with Gasteiger partial charge in [0.05, 0.1) is 6.54 Å². The van der Waals surface area contributed by atoms with E-state index in [4.69, 9.17) is 0 Å². The van der Waals surface area contributed by atoms with Gasteiger partial charge in [-0.1, -0.05) is 11.8 Å². The summed E-state index contributed by atoms with van der Waals surface area (Å²) in [6.45, 7) is 2.54. The first-order valence-corrected chi connectivity index (χ1v) is 8.25. The predicted molar refractivity (Wildman–Crippen MR) is 90.6 cm³/mol. The van der Waals surface area contributed by atoms with Gasteiger partial charge in [0.2, 0.25) is 0 Å². The summed E-state index contributed by atoms with van der Waals surface area (Å²) in [7, 11) is 1.91. The third-order valence-corrected chi connectivity index (χ3v) is 4.58. The molecule has 1 fully saturated rings. The zero-order valence-electron chi connectivity index (χ0n) is 13.8. The molecule has 0 aliphatic carbocycles. The summed E-state index contributed by atoms with van der Waals surface area (Å²) < 4.78 is 14.7. The summed E-state index contributed by atoms with van der Waals surface area (Å²) in [4.78, 5) is 6.54. The third kappa shape index (κ3) is 4.02. The SMILES string of the molecule is Cn1ccnc1C(O)C1CCN(CC#Cc2ccc(F)cc2)CC1. The van der Waals surface area contributed by atoms with E-state index < -0.39 is 6.10 Å². The molecule has 0 saturated carbocycles. The topological polar surface area (TPSA) is 41.3 Å². The lowest BCUT2D eigenvalue weighted by atomic mass is 9.91. The van der Waals surface area contributed by atoms with Crippen LogP contribution in [0.15, 0.2) is 36.7 Å². The summed E-state index contributed by atoms with van der Waals surface area (Å²) in [5.41, 5.74) is 0.830. The van der Waals surface area contributed by atoms with E-state index in [-0.39, 0.29) is 11.7 Å². The van der Waals surface area contributed by atoms with Gasteiger partial charge in [0.1, 0.15) is 17.7 Å². The Morgan fingerprint density at radius 3 is 2.62 bits per heavy atom. The molecule has 3 rings (SSSR count). The maximum atomic E-state index is 12.8. The minimum absolute atomic E-state index is 0.242. The highest BCUT2D eigenvalue weighted by Crippen LogP contribution is 2.29. The Kier molecular flexibility index (Phi) is 5.29. The number of halogens is 1. The number of aryl methyl sites for hydroxylation is 1. The van der Waals surface area contributed by atoms with Crippen LogP contribution in [0, 0.1) is 23.6 Å². The number of aliphatic hydroxyl groups excluding tert-OH is 1. The number of piperidine rings is 1. The van der Waals surface area contributed by atoms with Crippen molar-refractivity contribution in [2.45, 2.75) is 18.9 Å². The highest BCUT2D eigenvalue weighted by molar-refractivity contribution is 5.34. The zero-order valence-corrected chi connectivity index (χ0v) is 13.8. The number of nitrogens with zero attached hydrogens (tertiary/aromatic N) is 3. The van der Waals surface area contributed by atoms with Crippen LogP contribution in [0.1, 0.15) is 30.3 Å². The molecule has 1 aromatic heterocycles. The first-order valence-electron chi connectivity index (χ1n) is 8.25. The summed E-state index contributed by atoms with van der Waals surface area (Å²) in [6, 6.07) is 6.23. The van der Waals surface area contributed by atoms with Crippen LogP contribution >= 0.6 is 0 Å². The molecule has 0 bridgehead atoms. The van der Waals surface area contributed by atoms with Gasteiger partial charge in [-0.3, -0.25) is 4.90 Å². The highest BCUT2D eigenvalue weighted by Gasteiger charge is 2.27. The predicted octanol–water partition coefficient (Wildman–Crippen LogP) is 2.36. The van der Waals surface area contributed by atoms with E-state index in [1.165, 1.54) is 12.1 Å². The van der Waals surface area contributed by atoms with Gasteiger partial charge >= 0.3 is 0 Å². The fourth-order valence-corrected chi connectivity index (χ4v) is 3.09. The summed E-state index contributed by atoms with van der Waals surface area (Å²) >= 11 is 0. The van der Waals surface area contributed by atoms with Crippen LogP contribution in [0.5, 0.6) is 0 Å². The van der Waals surface area contributed by atoms with Crippen LogP contribution < -0.4 is 0 Å². The van der Waals surface area contributed by atoms with Crippen molar-refractivity contribution in [3.8, 4) is 11.8 Å². The molecule has 2 heterocycles. The third-order valence-electron chi connectivity index (χ3n) is 4.58. The molecule has 1 saturated heterocycles. The molecule has 2 aromatic rings. The largest absolute Gasteiger partial charge is 0.385 e. The minimum atomic E-state index is -0.502. The molecule has 24 heavy (non-hydrogen) atoms. The van der Waals surface area contributed by atoms with Crippen molar-refractivity contribution >= 4 is 0 Å². The van der Waals surface area contributed by atoms with Crippen LogP contribution in [0.25, 0.3) is 0 Å². The second-order valence-corrected chi connectivity index (χ2v) is 6.26. The van der Waals surface area contributed by atoms with Gasteiger partial charge in [-0.25, -0.2) is 9.37 Å². The lowest BCUT2D eigenvalue weighted by Crippen LogP contribution is -2.36. The molecule has 1 unspecified atom stereocenters. The lowest BCUT2D eigenvalue weighted by molar-refractivity contribution is 0.0545. The maximum Gasteiger partial charge on any atom is 0.137 e. The average molecular weight is 327 g/mol. The molecule has 1 atom stereocenters. The Labute approximate surface area is 141 Å². The minimum Gasteiger partial charge on any atom is -0.385 e. The number of imidazole rings is 1.